The Hall–Kier alpha value is -1.36. The topological polar surface area (TPSA) is 86.3 Å². The van der Waals surface area contributed by atoms with E-state index < -0.39 is 10.0 Å². The standard InChI is InChI=1S/C12H17N3O3S/c1-19(16,17)15-6-4-10(5-7-15)14-9-12-3-2-11(8-13)18-12/h2-3,10,14H,4-7,9H2,1H3. The molecule has 0 spiro atoms. The van der Waals surface area contributed by atoms with Gasteiger partial charge in [-0.15, -0.1) is 0 Å². The number of furan rings is 1. The zero-order chi connectivity index (χ0) is 13.9. The van der Waals surface area contributed by atoms with E-state index in [0.717, 1.165) is 18.6 Å². The van der Waals surface area contributed by atoms with Gasteiger partial charge in [0.25, 0.3) is 0 Å². The number of nitriles is 1. The van der Waals surface area contributed by atoms with Gasteiger partial charge in [0, 0.05) is 19.1 Å². The number of piperidine rings is 1. The van der Waals surface area contributed by atoms with Gasteiger partial charge in [0.2, 0.25) is 15.8 Å². The van der Waals surface area contributed by atoms with Crippen molar-refractivity contribution < 1.29 is 12.8 Å². The van der Waals surface area contributed by atoms with E-state index in [9.17, 15) is 8.42 Å². The average molecular weight is 283 g/mol. The van der Waals surface area contributed by atoms with Crippen LogP contribution in [0.1, 0.15) is 24.4 Å². The Bertz CT molecular complexity index is 565. The Balaban J connectivity index is 1.79. The highest BCUT2D eigenvalue weighted by Crippen LogP contribution is 2.14. The van der Waals surface area contributed by atoms with Gasteiger partial charge in [-0.05, 0) is 25.0 Å². The van der Waals surface area contributed by atoms with Crippen LogP contribution in [0.2, 0.25) is 0 Å². The Labute approximate surface area is 113 Å². The maximum atomic E-state index is 11.4. The van der Waals surface area contributed by atoms with Crippen LogP contribution < -0.4 is 5.32 Å². The minimum absolute atomic E-state index is 0.286. The Morgan fingerprint density at radius 1 is 1.47 bits per heavy atom. The van der Waals surface area contributed by atoms with Crippen LogP contribution in [0.4, 0.5) is 0 Å². The normalized spacial score (nSPS) is 18.3. The molecule has 0 amide bonds. The van der Waals surface area contributed by atoms with Gasteiger partial charge in [0.1, 0.15) is 11.8 Å². The number of sulfonamides is 1. The van der Waals surface area contributed by atoms with E-state index in [1.807, 2.05) is 6.07 Å². The van der Waals surface area contributed by atoms with Crippen molar-refractivity contribution in [3.05, 3.63) is 23.7 Å². The first-order valence-corrected chi connectivity index (χ1v) is 8.01. The zero-order valence-electron chi connectivity index (χ0n) is 10.8. The molecule has 1 aromatic heterocycles. The second-order valence-electron chi connectivity index (χ2n) is 4.69. The van der Waals surface area contributed by atoms with Crippen LogP contribution in [-0.4, -0.2) is 38.1 Å². The fourth-order valence-corrected chi connectivity index (χ4v) is 3.04. The molecule has 0 aromatic carbocycles. The third-order valence-corrected chi connectivity index (χ3v) is 4.56. The minimum atomic E-state index is -3.07. The first kappa shape index (κ1) is 14.1. The highest BCUT2D eigenvalue weighted by Gasteiger charge is 2.24. The van der Waals surface area contributed by atoms with E-state index in [4.69, 9.17) is 9.68 Å². The summed E-state index contributed by atoms with van der Waals surface area (Å²) < 4.78 is 29.5. The van der Waals surface area contributed by atoms with Gasteiger partial charge in [-0.1, -0.05) is 0 Å². The van der Waals surface area contributed by atoms with Gasteiger partial charge in [-0.2, -0.15) is 5.26 Å². The highest BCUT2D eigenvalue weighted by atomic mass is 32.2. The molecule has 1 N–H and O–H groups in total. The summed E-state index contributed by atoms with van der Waals surface area (Å²) in [6.07, 6.45) is 2.82. The van der Waals surface area contributed by atoms with Crippen LogP contribution >= 0.6 is 0 Å². The fraction of sp³-hybridized carbons (Fsp3) is 0.583. The smallest absolute Gasteiger partial charge is 0.211 e. The lowest BCUT2D eigenvalue weighted by Crippen LogP contribution is -2.44. The monoisotopic (exact) mass is 283 g/mol. The molecule has 2 rings (SSSR count). The first-order valence-electron chi connectivity index (χ1n) is 6.16. The number of hydrogen-bond donors (Lipinski definition) is 1. The number of nitrogens with one attached hydrogen (secondary N) is 1. The van der Waals surface area contributed by atoms with E-state index in [1.54, 1.807) is 12.1 Å². The van der Waals surface area contributed by atoms with Crippen molar-refractivity contribution in [1.82, 2.24) is 9.62 Å². The third-order valence-electron chi connectivity index (χ3n) is 3.26. The molecule has 2 heterocycles. The van der Waals surface area contributed by atoms with Crippen LogP contribution in [0.15, 0.2) is 16.5 Å². The SMILES string of the molecule is CS(=O)(=O)N1CCC(NCc2ccc(C#N)o2)CC1. The predicted molar refractivity (Wildman–Crippen MR) is 69.7 cm³/mol. The summed E-state index contributed by atoms with van der Waals surface area (Å²) in [5.41, 5.74) is 0. The van der Waals surface area contributed by atoms with Crippen molar-refractivity contribution in [2.45, 2.75) is 25.4 Å². The minimum Gasteiger partial charge on any atom is -0.449 e. The molecule has 0 radical (unpaired) electrons. The van der Waals surface area contributed by atoms with Crippen LogP contribution in [0, 0.1) is 11.3 Å². The predicted octanol–water partition coefficient (Wildman–Crippen LogP) is 0.665. The lowest BCUT2D eigenvalue weighted by Gasteiger charge is -2.30. The van der Waals surface area contributed by atoms with E-state index in [0.29, 0.717) is 25.4 Å². The summed E-state index contributed by atoms with van der Waals surface area (Å²) in [4.78, 5) is 0. The van der Waals surface area contributed by atoms with Crippen molar-refractivity contribution in [2.75, 3.05) is 19.3 Å². The molecule has 19 heavy (non-hydrogen) atoms. The maximum absolute atomic E-state index is 11.4. The summed E-state index contributed by atoms with van der Waals surface area (Å²) >= 11 is 0. The molecule has 0 atom stereocenters. The second kappa shape index (κ2) is 5.74. The Morgan fingerprint density at radius 3 is 2.68 bits per heavy atom. The zero-order valence-corrected chi connectivity index (χ0v) is 11.6. The number of nitrogens with zero attached hydrogens (tertiary/aromatic N) is 2. The molecule has 1 saturated heterocycles. The van der Waals surface area contributed by atoms with Crippen molar-refractivity contribution >= 4 is 10.0 Å². The molecule has 0 aliphatic carbocycles. The van der Waals surface area contributed by atoms with E-state index in [2.05, 4.69) is 5.32 Å². The highest BCUT2D eigenvalue weighted by molar-refractivity contribution is 7.88. The third kappa shape index (κ3) is 3.80. The largest absolute Gasteiger partial charge is 0.449 e. The maximum Gasteiger partial charge on any atom is 0.211 e. The average Bonchev–Trinajstić information content (AvgIpc) is 2.84. The second-order valence-corrected chi connectivity index (χ2v) is 6.68. The summed E-state index contributed by atoms with van der Waals surface area (Å²) in [7, 11) is -3.07. The van der Waals surface area contributed by atoms with Crippen LogP contribution in [-0.2, 0) is 16.6 Å². The van der Waals surface area contributed by atoms with Crippen molar-refractivity contribution in [1.29, 1.82) is 5.26 Å². The molecule has 1 aliphatic heterocycles. The van der Waals surface area contributed by atoms with Gasteiger partial charge < -0.3 is 9.73 Å². The summed E-state index contributed by atoms with van der Waals surface area (Å²) in [5.74, 6) is 1.03. The van der Waals surface area contributed by atoms with Crippen LogP contribution in [0.3, 0.4) is 0 Å². The van der Waals surface area contributed by atoms with Gasteiger partial charge >= 0.3 is 0 Å². The lowest BCUT2D eigenvalue weighted by molar-refractivity contribution is 0.285. The molecular weight excluding hydrogens is 266 g/mol. The quantitative estimate of drug-likeness (QED) is 0.877. The molecule has 6 nitrogen and oxygen atoms in total. The van der Waals surface area contributed by atoms with Crippen LogP contribution in [0.5, 0.6) is 0 Å². The number of hydrogen-bond acceptors (Lipinski definition) is 5. The molecular formula is C12H17N3O3S. The molecule has 1 aliphatic rings. The molecule has 0 unspecified atom stereocenters. The Kier molecular flexibility index (Phi) is 4.24. The van der Waals surface area contributed by atoms with Gasteiger partial charge in [0.15, 0.2) is 0 Å². The molecule has 1 fully saturated rings. The lowest BCUT2D eigenvalue weighted by atomic mass is 10.1. The summed E-state index contributed by atoms with van der Waals surface area (Å²) in [6, 6.07) is 5.64. The van der Waals surface area contributed by atoms with E-state index in [1.165, 1.54) is 10.6 Å². The van der Waals surface area contributed by atoms with E-state index >= 15 is 0 Å². The van der Waals surface area contributed by atoms with Gasteiger partial charge in [0.05, 0.1) is 12.8 Å². The van der Waals surface area contributed by atoms with E-state index in [-0.39, 0.29) is 6.04 Å². The van der Waals surface area contributed by atoms with Crippen LogP contribution in [0.25, 0.3) is 0 Å². The van der Waals surface area contributed by atoms with Crippen molar-refractivity contribution in [3.63, 3.8) is 0 Å². The number of rotatable bonds is 4. The molecule has 104 valence electrons. The van der Waals surface area contributed by atoms with Crippen molar-refractivity contribution in [2.24, 2.45) is 0 Å². The van der Waals surface area contributed by atoms with Crippen molar-refractivity contribution in [3.8, 4) is 6.07 Å². The first-order chi connectivity index (χ1) is 8.99. The molecule has 0 bridgehead atoms. The molecule has 1 aromatic rings. The molecule has 0 saturated carbocycles. The summed E-state index contributed by atoms with van der Waals surface area (Å²) in [6.45, 7) is 1.67. The fourth-order valence-electron chi connectivity index (χ4n) is 2.17. The summed E-state index contributed by atoms with van der Waals surface area (Å²) in [5, 5.41) is 12.0. The van der Waals surface area contributed by atoms with Gasteiger partial charge in [-0.3, -0.25) is 0 Å². The molecule has 7 heteroatoms. The van der Waals surface area contributed by atoms with Gasteiger partial charge in [-0.25, -0.2) is 12.7 Å². The Morgan fingerprint density at radius 2 is 2.16 bits per heavy atom.